The van der Waals surface area contributed by atoms with E-state index >= 15 is 0 Å². The molecule has 0 amide bonds. The lowest BCUT2D eigenvalue weighted by atomic mass is 9.82. The molecule has 0 aliphatic heterocycles. The summed E-state index contributed by atoms with van der Waals surface area (Å²) in [7, 11) is 1.72. The third kappa shape index (κ3) is 3.83. The van der Waals surface area contributed by atoms with E-state index in [9.17, 15) is 5.11 Å². The molecule has 1 N–H and O–H groups in total. The Balaban J connectivity index is 1.95. The van der Waals surface area contributed by atoms with Crippen LogP contribution in [0, 0.1) is 5.92 Å². The van der Waals surface area contributed by atoms with Crippen LogP contribution in [-0.2, 0) is 11.2 Å². The Bertz CT molecular complexity index is 397. The van der Waals surface area contributed by atoms with Crippen LogP contribution < -0.4 is 0 Å². The van der Waals surface area contributed by atoms with Gasteiger partial charge < -0.3 is 9.84 Å². The fourth-order valence-electron chi connectivity index (χ4n) is 3.23. The number of hydrogen-bond donors (Lipinski definition) is 1. The summed E-state index contributed by atoms with van der Waals surface area (Å²) in [5.74, 6) is 0.496. The van der Waals surface area contributed by atoms with Gasteiger partial charge in [0.1, 0.15) is 0 Å². The standard InChI is InChI=1S/C16H28N2O2/c1-12(2)18-10-9-14(17-18)11-15(19)16(20-3)13-7-5-4-6-8-13/h9-10,12-13,15-16,19H,4-8,11H2,1-3H3. The van der Waals surface area contributed by atoms with Crippen molar-refractivity contribution in [1.82, 2.24) is 9.78 Å². The van der Waals surface area contributed by atoms with E-state index in [0.29, 0.717) is 18.4 Å². The quantitative estimate of drug-likeness (QED) is 0.871. The molecule has 1 aliphatic rings. The largest absolute Gasteiger partial charge is 0.390 e. The Labute approximate surface area is 122 Å². The fraction of sp³-hybridized carbons (Fsp3) is 0.812. The maximum Gasteiger partial charge on any atom is 0.0862 e. The Morgan fingerprint density at radius 2 is 2.05 bits per heavy atom. The molecule has 4 heteroatoms. The van der Waals surface area contributed by atoms with Crippen molar-refractivity contribution in [2.45, 2.75) is 70.6 Å². The molecule has 2 rings (SSSR count). The number of aliphatic hydroxyl groups is 1. The Kier molecular flexibility index (Phi) is 5.61. The Morgan fingerprint density at radius 1 is 1.35 bits per heavy atom. The van der Waals surface area contributed by atoms with E-state index in [4.69, 9.17) is 4.74 Å². The van der Waals surface area contributed by atoms with Gasteiger partial charge in [0.15, 0.2) is 0 Å². The van der Waals surface area contributed by atoms with Gasteiger partial charge in [-0.25, -0.2) is 0 Å². The van der Waals surface area contributed by atoms with Gasteiger partial charge in [-0.1, -0.05) is 19.3 Å². The predicted molar refractivity (Wildman–Crippen MR) is 79.7 cm³/mol. The molecule has 1 saturated carbocycles. The molecule has 0 saturated heterocycles. The number of rotatable bonds is 6. The summed E-state index contributed by atoms with van der Waals surface area (Å²) in [5.41, 5.74) is 0.948. The molecule has 0 spiro atoms. The summed E-state index contributed by atoms with van der Waals surface area (Å²) in [6, 6.07) is 2.36. The van der Waals surface area contributed by atoms with Crippen LogP contribution in [0.5, 0.6) is 0 Å². The molecule has 1 fully saturated rings. The van der Waals surface area contributed by atoms with Crippen molar-refractivity contribution >= 4 is 0 Å². The fourth-order valence-corrected chi connectivity index (χ4v) is 3.23. The van der Waals surface area contributed by atoms with Gasteiger partial charge in [0.2, 0.25) is 0 Å². The van der Waals surface area contributed by atoms with Crippen molar-refractivity contribution in [2.24, 2.45) is 5.92 Å². The molecular weight excluding hydrogens is 252 g/mol. The van der Waals surface area contributed by atoms with Crippen molar-refractivity contribution in [2.75, 3.05) is 7.11 Å². The highest BCUT2D eigenvalue weighted by molar-refractivity contribution is 5.02. The lowest BCUT2D eigenvalue weighted by Crippen LogP contribution is -2.37. The molecule has 1 aromatic rings. The maximum absolute atomic E-state index is 10.5. The Morgan fingerprint density at radius 3 is 2.60 bits per heavy atom. The monoisotopic (exact) mass is 280 g/mol. The SMILES string of the molecule is COC(C(O)Cc1ccn(C(C)C)n1)C1CCCCC1. The average molecular weight is 280 g/mol. The van der Waals surface area contributed by atoms with Gasteiger partial charge in [-0.15, -0.1) is 0 Å². The van der Waals surface area contributed by atoms with Crippen molar-refractivity contribution in [1.29, 1.82) is 0 Å². The van der Waals surface area contributed by atoms with Crippen molar-refractivity contribution in [3.05, 3.63) is 18.0 Å². The van der Waals surface area contributed by atoms with Crippen LogP contribution in [0.15, 0.2) is 12.3 Å². The molecule has 0 radical (unpaired) electrons. The van der Waals surface area contributed by atoms with E-state index in [2.05, 4.69) is 18.9 Å². The van der Waals surface area contributed by atoms with Crippen molar-refractivity contribution in [3.8, 4) is 0 Å². The summed E-state index contributed by atoms with van der Waals surface area (Å²) < 4.78 is 7.53. The molecule has 20 heavy (non-hydrogen) atoms. The zero-order chi connectivity index (χ0) is 14.5. The number of methoxy groups -OCH3 is 1. The first-order valence-electron chi connectivity index (χ1n) is 7.86. The van der Waals surface area contributed by atoms with Gasteiger partial charge >= 0.3 is 0 Å². The van der Waals surface area contributed by atoms with E-state index in [0.717, 1.165) is 5.69 Å². The van der Waals surface area contributed by atoms with Crippen LogP contribution in [0.25, 0.3) is 0 Å². The van der Waals surface area contributed by atoms with Crippen molar-refractivity contribution in [3.63, 3.8) is 0 Å². The molecule has 0 bridgehead atoms. The zero-order valence-electron chi connectivity index (χ0n) is 13.0. The lowest BCUT2D eigenvalue weighted by molar-refractivity contribution is -0.0539. The summed E-state index contributed by atoms with van der Waals surface area (Å²) in [6.07, 6.45) is 8.24. The zero-order valence-corrected chi connectivity index (χ0v) is 13.0. The van der Waals surface area contributed by atoms with Crippen LogP contribution in [0.4, 0.5) is 0 Å². The molecule has 114 valence electrons. The second-order valence-electron chi connectivity index (χ2n) is 6.25. The summed E-state index contributed by atoms with van der Waals surface area (Å²) in [4.78, 5) is 0. The summed E-state index contributed by atoms with van der Waals surface area (Å²) in [6.45, 7) is 4.21. The van der Waals surface area contributed by atoms with Crippen molar-refractivity contribution < 1.29 is 9.84 Å². The van der Waals surface area contributed by atoms with Crippen LogP contribution in [0.2, 0.25) is 0 Å². The molecular formula is C16H28N2O2. The van der Waals surface area contributed by atoms with E-state index < -0.39 is 6.10 Å². The smallest absolute Gasteiger partial charge is 0.0862 e. The van der Waals surface area contributed by atoms with Crippen LogP contribution >= 0.6 is 0 Å². The highest BCUT2D eigenvalue weighted by Crippen LogP contribution is 2.30. The predicted octanol–water partition coefficient (Wildman–Crippen LogP) is 2.96. The van der Waals surface area contributed by atoms with E-state index in [-0.39, 0.29) is 6.10 Å². The van der Waals surface area contributed by atoms with Gasteiger partial charge in [0.05, 0.1) is 17.9 Å². The first-order valence-corrected chi connectivity index (χ1v) is 7.86. The van der Waals surface area contributed by atoms with Gasteiger partial charge in [0, 0.05) is 25.8 Å². The highest BCUT2D eigenvalue weighted by atomic mass is 16.5. The molecule has 4 nitrogen and oxygen atoms in total. The number of aromatic nitrogens is 2. The molecule has 0 aromatic carbocycles. The number of ether oxygens (including phenoxy) is 1. The minimum atomic E-state index is -0.460. The second kappa shape index (κ2) is 7.23. The van der Waals surface area contributed by atoms with Crippen LogP contribution in [-0.4, -0.2) is 34.2 Å². The number of nitrogens with zero attached hydrogens (tertiary/aromatic N) is 2. The van der Waals surface area contributed by atoms with Crippen LogP contribution in [0.1, 0.15) is 57.7 Å². The number of hydrogen-bond acceptors (Lipinski definition) is 3. The van der Waals surface area contributed by atoms with E-state index in [1.54, 1.807) is 7.11 Å². The maximum atomic E-state index is 10.5. The summed E-state index contributed by atoms with van der Waals surface area (Å²) >= 11 is 0. The first-order chi connectivity index (χ1) is 9.61. The molecule has 1 heterocycles. The Hall–Kier alpha value is -0.870. The molecule has 2 atom stereocenters. The van der Waals surface area contributed by atoms with E-state index in [1.165, 1.54) is 32.1 Å². The van der Waals surface area contributed by atoms with Gasteiger partial charge in [-0.3, -0.25) is 4.68 Å². The highest BCUT2D eigenvalue weighted by Gasteiger charge is 2.30. The lowest BCUT2D eigenvalue weighted by Gasteiger charge is -2.32. The second-order valence-corrected chi connectivity index (χ2v) is 6.25. The minimum absolute atomic E-state index is 0.0560. The summed E-state index contributed by atoms with van der Waals surface area (Å²) in [5, 5.41) is 15.0. The van der Waals surface area contributed by atoms with Crippen LogP contribution in [0.3, 0.4) is 0 Å². The molecule has 2 unspecified atom stereocenters. The van der Waals surface area contributed by atoms with Gasteiger partial charge in [0.25, 0.3) is 0 Å². The van der Waals surface area contributed by atoms with E-state index in [1.807, 2.05) is 16.9 Å². The molecule has 1 aliphatic carbocycles. The minimum Gasteiger partial charge on any atom is -0.390 e. The number of aliphatic hydroxyl groups excluding tert-OH is 1. The topological polar surface area (TPSA) is 47.3 Å². The third-order valence-electron chi connectivity index (χ3n) is 4.38. The third-order valence-corrected chi connectivity index (χ3v) is 4.38. The first kappa shape index (κ1) is 15.5. The molecule has 1 aromatic heterocycles. The average Bonchev–Trinajstić information content (AvgIpc) is 2.89. The van der Waals surface area contributed by atoms with Gasteiger partial charge in [-0.2, -0.15) is 5.10 Å². The normalized spacial score (nSPS) is 20.2. The van der Waals surface area contributed by atoms with Gasteiger partial charge in [-0.05, 0) is 38.7 Å².